The Morgan fingerprint density at radius 2 is 0.723 bits per heavy atom. The highest BCUT2D eigenvalue weighted by molar-refractivity contribution is 7.58. The van der Waals surface area contributed by atoms with E-state index in [-0.39, 0.29) is 6.16 Å². The molecule has 0 bridgehead atoms. The van der Waals surface area contributed by atoms with Crippen LogP contribution in [-0.4, -0.2) is 49.5 Å². The normalized spacial score (nSPS) is 10.9. The third-order valence-electron chi connectivity index (χ3n) is 7.74. The molecule has 0 saturated carbocycles. The molecule has 0 aliphatic carbocycles. The summed E-state index contributed by atoms with van der Waals surface area (Å²) in [6.45, 7) is 18.7. The van der Waals surface area contributed by atoms with Crippen LogP contribution < -0.4 is 0 Å². The van der Waals surface area contributed by atoms with E-state index in [4.69, 9.17) is 14.7 Å². The molecule has 9 nitrogen and oxygen atoms in total. The summed E-state index contributed by atoms with van der Waals surface area (Å²) in [6.07, 6.45) is 32.2. The average molecular weight is 680 g/mol. The van der Waals surface area contributed by atoms with Crippen molar-refractivity contribution in [3.05, 3.63) is 54.7 Å². The van der Waals surface area contributed by atoms with Crippen LogP contribution in [0, 0.1) is 0 Å². The Morgan fingerprint density at radius 3 is 0.936 bits per heavy atom. The zero-order valence-corrected chi connectivity index (χ0v) is 32.2. The van der Waals surface area contributed by atoms with Crippen LogP contribution in [0.3, 0.4) is 0 Å². The lowest BCUT2D eigenvalue weighted by Crippen LogP contribution is -2.02. The molecule has 0 radical (unpaired) electrons. The summed E-state index contributed by atoms with van der Waals surface area (Å²) in [6, 6.07) is 0. The molecule has 0 unspecified atom stereocenters. The fourth-order valence-electron chi connectivity index (χ4n) is 4.68. The summed E-state index contributed by atoms with van der Waals surface area (Å²) >= 11 is 0. The molecule has 0 aliphatic heterocycles. The second kappa shape index (κ2) is 30.0. The minimum absolute atomic E-state index is 0.142. The van der Waals surface area contributed by atoms with Crippen LogP contribution in [0.25, 0.3) is 0 Å². The van der Waals surface area contributed by atoms with Gasteiger partial charge in [0, 0.05) is 76.1 Å². The molecule has 0 spiro atoms. The zero-order chi connectivity index (χ0) is 35.2. The third-order valence-corrected chi connectivity index (χ3v) is 8.65. The smallest absolute Gasteiger partial charge is 0.335 e. The summed E-state index contributed by atoms with van der Waals surface area (Å²) in [5, 5.41) is 0. The van der Waals surface area contributed by atoms with Crippen LogP contribution in [0.15, 0.2) is 37.2 Å². The molecular formula is C37H72N6O3P+. The van der Waals surface area contributed by atoms with Crippen LogP contribution >= 0.6 is 7.94 Å². The minimum atomic E-state index is -3.43. The topological polar surface area (TPSA) is 114 Å². The first-order chi connectivity index (χ1) is 22.7. The Bertz CT molecular complexity index is 889. The monoisotopic (exact) mass is 680 g/mol. The Balaban J connectivity index is 0.000000610. The summed E-state index contributed by atoms with van der Waals surface area (Å²) in [5.41, 5.74) is 0. The molecule has 0 amide bonds. The molecule has 0 aliphatic rings. The first-order valence-electron chi connectivity index (χ1n) is 18.8. The zero-order valence-electron chi connectivity index (χ0n) is 31.3. The lowest BCUT2D eigenvalue weighted by atomic mass is 10.2. The van der Waals surface area contributed by atoms with Gasteiger partial charge in [-0.1, -0.05) is 93.4 Å². The highest BCUT2D eigenvalue weighted by Crippen LogP contribution is 2.44. The Morgan fingerprint density at radius 1 is 0.447 bits per heavy atom. The van der Waals surface area contributed by atoms with E-state index in [0.717, 1.165) is 45.3 Å². The molecule has 3 aromatic rings. The first-order valence-corrected chi connectivity index (χ1v) is 20.6. The highest BCUT2D eigenvalue weighted by Gasteiger charge is 2.27. The van der Waals surface area contributed by atoms with Crippen molar-refractivity contribution < 1.29 is 14.7 Å². The van der Waals surface area contributed by atoms with Gasteiger partial charge in [0.25, 0.3) is 0 Å². The number of hydrogen-bond acceptors (Lipinski definition) is 6. The van der Waals surface area contributed by atoms with Crippen LogP contribution in [0.4, 0.5) is 0 Å². The SMILES string of the molecule is CCCC[P+](O)(O)O.CCCCc1nccn1CCCC.CCCCc1nccn1CCCC.CCCCc1nccn1CCCC. The molecule has 10 heteroatoms. The van der Waals surface area contributed by atoms with Crippen molar-refractivity contribution in [2.45, 2.75) is 177 Å². The Labute approximate surface area is 288 Å². The van der Waals surface area contributed by atoms with E-state index in [1.54, 1.807) is 0 Å². The van der Waals surface area contributed by atoms with Gasteiger partial charge in [0.05, 0.1) is 0 Å². The van der Waals surface area contributed by atoms with Crippen LogP contribution in [-0.2, 0) is 38.9 Å². The molecule has 0 atom stereocenters. The molecule has 3 heterocycles. The van der Waals surface area contributed by atoms with Crippen molar-refractivity contribution in [3.8, 4) is 0 Å². The number of imidazole rings is 3. The molecule has 0 aromatic carbocycles. The summed E-state index contributed by atoms with van der Waals surface area (Å²) < 4.78 is 6.87. The second-order valence-electron chi connectivity index (χ2n) is 12.3. The van der Waals surface area contributed by atoms with Crippen molar-refractivity contribution in [2.75, 3.05) is 6.16 Å². The molecule has 3 aromatic heterocycles. The van der Waals surface area contributed by atoms with Crippen LogP contribution in [0.2, 0.25) is 0 Å². The molecule has 3 rings (SSSR count). The van der Waals surface area contributed by atoms with Crippen molar-refractivity contribution in [2.24, 2.45) is 0 Å². The summed E-state index contributed by atoms with van der Waals surface area (Å²) in [4.78, 5) is 38.2. The van der Waals surface area contributed by atoms with Gasteiger partial charge in [-0.2, -0.15) is 14.7 Å². The lowest BCUT2D eigenvalue weighted by Gasteiger charge is -2.05. The van der Waals surface area contributed by atoms with Gasteiger partial charge in [0.1, 0.15) is 23.6 Å². The maximum absolute atomic E-state index is 8.37. The summed E-state index contributed by atoms with van der Waals surface area (Å²) in [7, 11) is -3.43. The molecular weight excluding hydrogens is 607 g/mol. The predicted octanol–water partition coefficient (Wildman–Crippen LogP) is 9.60. The standard InChI is InChI=1S/3C11H20N2.C4H12O3P/c3*1-3-5-7-11-12-8-10-13(11)9-6-4-2;1-2-3-4-8(5,6)7/h3*8,10H,3-7,9H2,1-2H3;5-7H,2-4H2,1H3/q;;;+1. The largest absolute Gasteiger partial charge is 0.403 e. The van der Waals surface area contributed by atoms with Crippen LogP contribution in [0.5, 0.6) is 0 Å². The third kappa shape index (κ3) is 23.8. The van der Waals surface area contributed by atoms with Crippen molar-refractivity contribution in [3.63, 3.8) is 0 Å². The number of aromatic nitrogens is 6. The quantitative estimate of drug-likeness (QED) is 0.0967. The molecule has 3 N–H and O–H groups in total. The number of aryl methyl sites for hydroxylation is 6. The Hall–Kier alpha value is -2.06. The average Bonchev–Trinajstić information content (AvgIpc) is 3.83. The number of hydrogen-bond donors (Lipinski definition) is 3. The first kappa shape index (κ1) is 44.9. The molecule has 0 saturated heterocycles. The van der Waals surface area contributed by atoms with Crippen LogP contribution in [0.1, 0.15) is 156 Å². The number of unbranched alkanes of at least 4 members (excludes halogenated alkanes) is 7. The highest BCUT2D eigenvalue weighted by atomic mass is 31.2. The van der Waals surface area contributed by atoms with E-state index in [0.29, 0.717) is 6.42 Å². The van der Waals surface area contributed by atoms with Gasteiger partial charge in [-0.25, -0.2) is 15.0 Å². The van der Waals surface area contributed by atoms with E-state index in [2.05, 4.69) is 88.8 Å². The van der Waals surface area contributed by atoms with Gasteiger partial charge in [-0.15, -0.1) is 0 Å². The number of rotatable bonds is 21. The van der Waals surface area contributed by atoms with E-state index >= 15 is 0 Å². The van der Waals surface area contributed by atoms with Gasteiger partial charge < -0.3 is 13.7 Å². The van der Waals surface area contributed by atoms with Crippen molar-refractivity contribution in [1.82, 2.24) is 28.7 Å². The van der Waals surface area contributed by atoms with E-state index in [1.807, 2.05) is 25.5 Å². The van der Waals surface area contributed by atoms with Gasteiger partial charge in [0.15, 0.2) is 0 Å². The van der Waals surface area contributed by atoms with Gasteiger partial charge in [-0.3, -0.25) is 0 Å². The molecule has 272 valence electrons. The van der Waals surface area contributed by atoms with E-state index in [1.165, 1.54) is 94.5 Å². The lowest BCUT2D eigenvalue weighted by molar-refractivity contribution is 0.329. The van der Waals surface area contributed by atoms with Crippen molar-refractivity contribution in [1.29, 1.82) is 0 Å². The minimum Gasteiger partial charge on any atom is -0.335 e. The van der Waals surface area contributed by atoms with Gasteiger partial charge in [0.2, 0.25) is 0 Å². The van der Waals surface area contributed by atoms with Crippen molar-refractivity contribution >= 4 is 7.94 Å². The fraction of sp³-hybridized carbons (Fsp3) is 0.757. The summed E-state index contributed by atoms with van der Waals surface area (Å²) in [5.74, 6) is 3.78. The van der Waals surface area contributed by atoms with E-state index < -0.39 is 7.94 Å². The maximum atomic E-state index is 8.37. The maximum Gasteiger partial charge on any atom is 0.403 e. The second-order valence-corrected chi connectivity index (χ2v) is 14.1. The number of nitrogens with zero attached hydrogens (tertiary/aromatic N) is 6. The molecule has 47 heavy (non-hydrogen) atoms. The predicted molar refractivity (Wildman–Crippen MR) is 201 cm³/mol. The Kier molecular flexibility index (Phi) is 28.7. The van der Waals surface area contributed by atoms with E-state index in [9.17, 15) is 0 Å². The van der Waals surface area contributed by atoms with Gasteiger partial charge in [-0.05, 0) is 44.9 Å². The molecule has 0 fully saturated rings. The fourth-order valence-corrected chi connectivity index (χ4v) is 5.42. The van der Waals surface area contributed by atoms with Gasteiger partial charge >= 0.3 is 7.94 Å².